The number of hydrogen-bond donors (Lipinski definition) is 2. The summed E-state index contributed by atoms with van der Waals surface area (Å²) in [6.45, 7) is 2.23. The van der Waals surface area contributed by atoms with Gasteiger partial charge in [0.25, 0.3) is 0 Å². The summed E-state index contributed by atoms with van der Waals surface area (Å²) in [6, 6.07) is 4.79. The molecule has 22 heavy (non-hydrogen) atoms. The van der Waals surface area contributed by atoms with Crippen molar-refractivity contribution in [2.24, 2.45) is 5.92 Å². The molecule has 122 valence electrons. The van der Waals surface area contributed by atoms with E-state index >= 15 is 0 Å². The predicted molar refractivity (Wildman–Crippen MR) is 86.1 cm³/mol. The molecule has 1 aliphatic rings. The minimum absolute atomic E-state index is 0.119. The van der Waals surface area contributed by atoms with Crippen LogP contribution in [-0.4, -0.2) is 17.4 Å². The van der Waals surface area contributed by atoms with Crippen molar-refractivity contribution in [3.05, 3.63) is 29.6 Å². The molecule has 1 saturated carbocycles. The van der Waals surface area contributed by atoms with Crippen molar-refractivity contribution in [3.8, 4) is 5.75 Å². The summed E-state index contributed by atoms with van der Waals surface area (Å²) >= 11 is 0. The molecule has 0 atom stereocenters. The van der Waals surface area contributed by atoms with E-state index in [-0.39, 0.29) is 5.75 Å². The van der Waals surface area contributed by atoms with Crippen LogP contribution >= 0.6 is 0 Å². The molecule has 2 rings (SSSR count). The summed E-state index contributed by atoms with van der Waals surface area (Å²) < 4.78 is 18.5. The van der Waals surface area contributed by atoms with E-state index in [9.17, 15) is 4.39 Å². The second kappa shape index (κ2) is 8.54. The summed E-state index contributed by atoms with van der Waals surface area (Å²) in [5.41, 5.74) is 0.990. The summed E-state index contributed by atoms with van der Waals surface area (Å²) in [4.78, 5) is 0. The first-order chi connectivity index (χ1) is 10.6. The van der Waals surface area contributed by atoms with Gasteiger partial charge in [-0.3, -0.25) is 0 Å². The van der Waals surface area contributed by atoms with E-state index in [1.165, 1.54) is 50.7 Å². The highest BCUT2D eigenvalue weighted by atomic mass is 19.1. The number of rotatable bonds is 7. The molecule has 1 aromatic rings. The van der Waals surface area contributed by atoms with Gasteiger partial charge in [0.1, 0.15) is 5.75 Å². The first-order valence-electron chi connectivity index (χ1n) is 8.42. The molecule has 1 aromatic carbocycles. The maximum atomic E-state index is 13.9. The van der Waals surface area contributed by atoms with Crippen LogP contribution in [-0.2, 0) is 0 Å². The maximum Gasteiger partial charge on any atom is 0.707 e. The Hall–Kier alpha value is -1.07. The zero-order valence-corrected chi connectivity index (χ0v) is 13.3. The van der Waals surface area contributed by atoms with Gasteiger partial charge in [-0.05, 0) is 55.2 Å². The van der Waals surface area contributed by atoms with Crippen molar-refractivity contribution in [1.29, 1.82) is 0 Å². The smallest absolute Gasteiger partial charge is 0.510 e. The van der Waals surface area contributed by atoms with Crippen molar-refractivity contribution in [2.45, 2.75) is 64.2 Å². The largest absolute Gasteiger partial charge is 0.707 e. The van der Waals surface area contributed by atoms with E-state index in [1.807, 2.05) is 6.07 Å². The predicted octanol–water partition coefficient (Wildman–Crippen LogP) is 4.03. The molecule has 0 spiro atoms. The molecule has 0 radical (unpaired) electrons. The van der Waals surface area contributed by atoms with Crippen molar-refractivity contribution < 1.29 is 19.1 Å². The lowest BCUT2D eigenvalue weighted by molar-refractivity contribution is 0.281. The topological polar surface area (TPSA) is 49.7 Å². The summed E-state index contributed by atoms with van der Waals surface area (Å²) in [5, 5.41) is 17.5. The van der Waals surface area contributed by atoms with Crippen LogP contribution in [0.2, 0.25) is 0 Å². The zero-order chi connectivity index (χ0) is 15.9. The van der Waals surface area contributed by atoms with Gasteiger partial charge in [-0.1, -0.05) is 38.7 Å². The van der Waals surface area contributed by atoms with Crippen molar-refractivity contribution in [1.82, 2.24) is 0 Å². The zero-order valence-electron chi connectivity index (χ0n) is 13.3. The molecule has 1 aliphatic carbocycles. The maximum absolute atomic E-state index is 13.9. The molecule has 0 saturated heterocycles. The van der Waals surface area contributed by atoms with E-state index < -0.39 is 13.1 Å². The Morgan fingerprint density at radius 3 is 2.50 bits per heavy atom. The summed E-state index contributed by atoms with van der Waals surface area (Å²) in [7, 11) is -1.99. The summed E-state index contributed by atoms with van der Waals surface area (Å²) in [5.74, 6) is 0.590. The van der Waals surface area contributed by atoms with Crippen LogP contribution in [0.1, 0.15) is 69.8 Å². The van der Waals surface area contributed by atoms with Gasteiger partial charge in [0.15, 0.2) is 5.82 Å². The van der Waals surface area contributed by atoms with E-state index in [0.29, 0.717) is 5.92 Å². The van der Waals surface area contributed by atoms with Gasteiger partial charge in [0.2, 0.25) is 0 Å². The fourth-order valence-corrected chi connectivity index (χ4v) is 3.45. The van der Waals surface area contributed by atoms with Gasteiger partial charge in [-0.25, -0.2) is 4.39 Å². The van der Waals surface area contributed by atoms with Crippen molar-refractivity contribution in [2.75, 3.05) is 0 Å². The monoisotopic (exact) mass is 308 g/mol. The molecule has 2 N–H and O–H groups in total. The molecule has 0 aromatic heterocycles. The third kappa shape index (κ3) is 4.99. The second-order valence-corrected chi connectivity index (χ2v) is 6.35. The van der Waals surface area contributed by atoms with Crippen LogP contribution in [0.25, 0.3) is 0 Å². The first kappa shape index (κ1) is 17.3. The molecule has 1 fully saturated rings. The lowest BCUT2D eigenvalue weighted by Crippen LogP contribution is -2.21. The molecule has 0 unspecified atom stereocenters. The Morgan fingerprint density at radius 2 is 1.91 bits per heavy atom. The molecular formula is C17H26BFO3. The molecular weight excluding hydrogens is 282 g/mol. The molecule has 3 nitrogen and oxygen atoms in total. The SMILES string of the molecule is CCCCCC1CCC(c2ccc(OB(O)O)c(F)c2)CC1. The van der Waals surface area contributed by atoms with Crippen LogP contribution in [0, 0.1) is 11.7 Å². The number of unbranched alkanes of at least 4 members (excludes halogenated alkanes) is 2. The Balaban J connectivity index is 1.87. The molecule has 0 aliphatic heterocycles. The fourth-order valence-electron chi connectivity index (χ4n) is 3.45. The van der Waals surface area contributed by atoms with Crippen LogP contribution < -0.4 is 4.65 Å². The Labute approximate surface area is 132 Å². The second-order valence-electron chi connectivity index (χ2n) is 6.35. The van der Waals surface area contributed by atoms with E-state index in [4.69, 9.17) is 10.0 Å². The normalized spacial score (nSPS) is 21.6. The van der Waals surface area contributed by atoms with Crippen LogP contribution in [0.4, 0.5) is 4.39 Å². The van der Waals surface area contributed by atoms with Crippen LogP contribution in [0.15, 0.2) is 18.2 Å². The lowest BCUT2D eigenvalue weighted by atomic mass is 9.77. The Morgan fingerprint density at radius 1 is 1.18 bits per heavy atom. The summed E-state index contributed by atoms with van der Waals surface area (Å²) in [6.07, 6.45) is 9.92. The molecule has 0 heterocycles. The standard InChI is InChI=1S/C17H26BFO3/c1-2-3-4-5-13-6-8-14(9-7-13)15-10-11-17(16(19)12-15)22-18(20)21/h10-14,20-21H,2-9H2,1H3. The quantitative estimate of drug-likeness (QED) is 0.590. The lowest BCUT2D eigenvalue weighted by Gasteiger charge is -2.29. The first-order valence-corrected chi connectivity index (χ1v) is 8.42. The fraction of sp³-hybridized carbons (Fsp3) is 0.647. The van der Waals surface area contributed by atoms with E-state index in [0.717, 1.165) is 24.3 Å². The highest BCUT2D eigenvalue weighted by Crippen LogP contribution is 2.38. The van der Waals surface area contributed by atoms with E-state index in [2.05, 4.69) is 11.6 Å². The molecule has 0 bridgehead atoms. The van der Waals surface area contributed by atoms with Gasteiger partial charge >= 0.3 is 7.32 Å². The molecule has 0 amide bonds. The Kier molecular flexibility index (Phi) is 6.71. The number of halogens is 1. The van der Waals surface area contributed by atoms with Crippen molar-refractivity contribution in [3.63, 3.8) is 0 Å². The number of benzene rings is 1. The number of hydrogen-bond acceptors (Lipinski definition) is 3. The average Bonchev–Trinajstić information content (AvgIpc) is 2.50. The van der Waals surface area contributed by atoms with Gasteiger partial charge in [0, 0.05) is 0 Å². The van der Waals surface area contributed by atoms with Crippen molar-refractivity contribution >= 4 is 7.32 Å². The highest BCUT2D eigenvalue weighted by molar-refractivity contribution is 6.33. The average molecular weight is 308 g/mol. The van der Waals surface area contributed by atoms with E-state index in [1.54, 1.807) is 0 Å². The third-order valence-electron chi connectivity index (χ3n) is 4.72. The molecule has 5 heteroatoms. The minimum atomic E-state index is -1.99. The van der Waals surface area contributed by atoms with Gasteiger partial charge < -0.3 is 14.7 Å². The highest BCUT2D eigenvalue weighted by Gasteiger charge is 2.23. The minimum Gasteiger partial charge on any atom is -0.510 e. The van der Waals surface area contributed by atoms with Crippen LogP contribution in [0.5, 0.6) is 5.75 Å². The van der Waals surface area contributed by atoms with Gasteiger partial charge in [0.05, 0.1) is 0 Å². The third-order valence-corrected chi connectivity index (χ3v) is 4.72. The van der Waals surface area contributed by atoms with Gasteiger partial charge in [-0.15, -0.1) is 0 Å². The Bertz CT molecular complexity index is 459. The van der Waals surface area contributed by atoms with Crippen LogP contribution in [0.3, 0.4) is 0 Å². The van der Waals surface area contributed by atoms with Gasteiger partial charge in [-0.2, -0.15) is 0 Å².